The van der Waals surface area contributed by atoms with Gasteiger partial charge in [-0.05, 0) is 30.3 Å². The van der Waals surface area contributed by atoms with Crippen molar-refractivity contribution in [1.82, 2.24) is 0 Å². The Hall–Kier alpha value is -2.93. The number of benzodiazepines with no additional fused rings is 1. The second-order valence-corrected chi connectivity index (χ2v) is 5.95. The molecule has 1 unspecified atom stereocenters. The van der Waals surface area contributed by atoms with Gasteiger partial charge >= 0.3 is 0 Å². The van der Waals surface area contributed by atoms with Crippen LogP contribution in [0.1, 0.15) is 18.1 Å². The second-order valence-electron chi connectivity index (χ2n) is 5.51. The first kappa shape index (κ1) is 16.9. The van der Waals surface area contributed by atoms with E-state index in [9.17, 15) is 19.7 Å². The smallest absolute Gasteiger partial charge is 0.260 e. The molecule has 1 aliphatic heterocycles. The van der Waals surface area contributed by atoms with Gasteiger partial charge in [-0.25, -0.2) is 4.39 Å². The quantitative estimate of drug-likeness (QED) is 0.382. The van der Waals surface area contributed by atoms with Crippen molar-refractivity contribution < 1.29 is 14.1 Å². The van der Waals surface area contributed by atoms with Crippen molar-refractivity contribution in [3.05, 3.63) is 91.6 Å². The summed E-state index contributed by atoms with van der Waals surface area (Å²) in [6.07, 6.45) is 0.734. The number of hydrogen-bond acceptors (Lipinski definition) is 4. The Bertz CT molecular complexity index is 927. The van der Waals surface area contributed by atoms with Crippen LogP contribution < -0.4 is 5.32 Å². The van der Waals surface area contributed by atoms with Crippen molar-refractivity contribution in [2.75, 3.05) is 5.32 Å². The van der Waals surface area contributed by atoms with Gasteiger partial charge in [-0.1, -0.05) is 23.7 Å². The summed E-state index contributed by atoms with van der Waals surface area (Å²) in [7, 11) is 0. The van der Waals surface area contributed by atoms with Crippen LogP contribution in [0.5, 0.6) is 0 Å². The largest absolute Gasteiger partial charge is 0.623 e. The van der Waals surface area contributed by atoms with Gasteiger partial charge in [0.15, 0.2) is 5.70 Å². The van der Waals surface area contributed by atoms with Gasteiger partial charge in [0.1, 0.15) is 5.82 Å². The van der Waals surface area contributed by atoms with Gasteiger partial charge in [0.2, 0.25) is 11.8 Å². The fourth-order valence-corrected chi connectivity index (χ4v) is 2.86. The van der Waals surface area contributed by atoms with E-state index in [4.69, 9.17) is 11.6 Å². The fraction of sp³-hybridized carbons (Fsp3) is 0.118. The molecule has 1 aliphatic rings. The summed E-state index contributed by atoms with van der Waals surface area (Å²) in [6.45, 7) is 1.50. The van der Waals surface area contributed by atoms with Gasteiger partial charge in [-0.15, -0.1) is 0 Å². The predicted octanol–water partition coefficient (Wildman–Crippen LogP) is 3.76. The molecule has 0 spiro atoms. The summed E-state index contributed by atoms with van der Waals surface area (Å²) >= 11 is 6.05. The summed E-state index contributed by atoms with van der Waals surface area (Å²) in [5, 5.41) is 27.1. The molecular formula is C17H13ClFN3O3. The SMILES string of the molecule is CC1C(=C[N+](=O)[O-])Nc2ccc(Cl)cc2C(c2ccccc2F)=[N+]1[O-]. The van der Waals surface area contributed by atoms with E-state index in [0.29, 0.717) is 21.0 Å². The maximum Gasteiger partial charge on any atom is 0.260 e. The molecular weight excluding hydrogens is 349 g/mol. The van der Waals surface area contributed by atoms with Gasteiger partial charge in [-0.2, -0.15) is 4.74 Å². The molecule has 2 aromatic carbocycles. The minimum Gasteiger partial charge on any atom is -0.623 e. The summed E-state index contributed by atoms with van der Waals surface area (Å²) in [5.74, 6) is -0.571. The van der Waals surface area contributed by atoms with Crippen molar-refractivity contribution >= 4 is 23.0 Å². The number of halogens is 2. The maximum atomic E-state index is 14.3. The first-order valence-electron chi connectivity index (χ1n) is 7.39. The predicted molar refractivity (Wildman–Crippen MR) is 92.9 cm³/mol. The standard InChI is InChI=1S/C17H13ClFN3O3/c1-10-16(9-21(23)24)20-15-7-6-11(18)8-13(15)17(22(10)25)12-4-2-3-5-14(12)19/h2-10,20H,1H3. The zero-order valence-corrected chi connectivity index (χ0v) is 13.8. The molecule has 128 valence electrons. The molecule has 1 N–H and O–H groups in total. The van der Waals surface area contributed by atoms with E-state index in [0.717, 1.165) is 6.20 Å². The Balaban J connectivity index is 2.34. The maximum absolute atomic E-state index is 14.3. The third-order valence-corrected chi connectivity index (χ3v) is 4.15. The number of nitrogens with zero attached hydrogens (tertiary/aromatic N) is 2. The highest BCUT2D eigenvalue weighted by Gasteiger charge is 2.32. The summed E-state index contributed by atoms with van der Waals surface area (Å²) in [6, 6.07) is 9.64. The van der Waals surface area contributed by atoms with Crippen LogP contribution in [0.15, 0.2) is 54.4 Å². The van der Waals surface area contributed by atoms with Gasteiger partial charge in [0, 0.05) is 11.9 Å². The van der Waals surface area contributed by atoms with E-state index in [1.54, 1.807) is 18.2 Å². The van der Waals surface area contributed by atoms with Crippen LogP contribution in [0.25, 0.3) is 0 Å². The van der Waals surface area contributed by atoms with Crippen LogP contribution in [0.4, 0.5) is 10.1 Å². The van der Waals surface area contributed by atoms with Crippen LogP contribution in [0.2, 0.25) is 5.02 Å². The van der Waals surface area contributed by atoms with E-state index in [1.165, 1.54) is 31.2 Å². The molecule has 0 aromatic heterocycles. The molecule has 0 saturated carbocycles. The summed E-state index contributed by atoms with van der Waals surface area (Å²) in [5.41, 5.74) is 1.04. The lowest BCUT2D eigenvalue weighted by molar-refractivity contribution is -0.487. The molecule has 6 nitrogen and oxygen atoms in total. The summed E-state index contributed by atoms with van der Waals surface area (Å²) < 4.78 is 14.9. The fourth-order valence-electron chi connectivity index (χ4n) is 2.69. The average Bonchev–Trinajstić information content (AvgIpc) is 2.65. The number of nitrogens with one attached hydrogen (secondary N) is 1. The van der Waals surface area contributed by atoms with E-state index >= 15 is 0 Å². The average molecular weight is 362 g/mol. The second kappa shape index (κ2) is 6.52. The zero-order valence-electron chi connectivity index (χ0n) is 13.1. The van der Waals surface area contributed by atoms with Crippen LogP contribution in [0.3, 0.4) is 0 Å². The van der Waals surface area contributed by atoms with E-state index in [2.05, 4.69) is 5.32 Å². The molecule has 0 bridgehead atoms. The zero-order chi connectivity index (χ0) is 18.1. The van der Waals surface area contributed by atoms with Crippen molar-refractivity contribution in [2.45, 2.75) is 13.0 Å². The monoisotopic (exact) mass is 361 g/mol. The first-order chi connectivity index (χ1) is 11.9. The van der Waals surface area contributed by atoms with Crippen molar-refractivity contribution in [2.24, 2.45) is 0 Å². The van der Waals surface area contributed by atoms with Gasteiger partial charge in [0.25, 0.3) is 6.20 Å². The molecule has 2 aromatic rings. The van der Waals surface area contributed by atoms with Crippen molar-refractivity contribution in [3.8, 4) is 0 Å². The van der Waals surface area contributed by atoms with Crippen LogP contribution in [-0.4, -0.2) is 21.4 Å². The Morgan fingerprint density at radius 1 is 1.28 bits per heavy atom. The number of fused-ring (bicyclic) bond motifs is 1. The van der Waals surface area contributed by atoms with Crippen LogP contribution >= 0.6 is 11.6 Å². The number of hydroxylamine groups is 1. The Morgan fingerprint density at radius 3 is 2.68 bits per heavy atom. The minimum atomic E-state index is -0.925. The van der Waals surface area contributed by atoms with E-state index in [1.807, 2.05) is 0 Å². The Labute approximate surface area is 147 Å². The Morgan fingerprint density at radius 2 is 2.00 bits per heavy atom. The lowest BCUT2D eigenvalue weighted by Gasteiger charge is -2.15. The third-order valence-electron chi connectivity index (χ3n) is 3.91. The molecule has 1 atom stereocenters. The molecule has 8 heteroatoms. The number of rotatable bonds is 2. The van der Waals surface area contributed by atoms with E-state index < -0.39 is 16.8 Å². The molecule has 1 heterocycles. The topological polar surface area (TPSA) is 81.2 Å². The number of anilines is 1. The van der Waals surface area contributed by atoms with Crippen molar-refractivity contribution in [1.29, 1.82) is 0 Å². The lowest BCUT2D eigenvalue weighted by Crippen LogP contribution is -2.28. The first-order valence-corrected chi connectivity index (χ1v) is 7.76. The number of hydrogen-bond donors (Lipinski definition) is 1. The highest BCUT2D eigenvalue weighted by atomic mass is 35.5. The molecule has 3 rings (SSSR count). The summed E-state index contributed by atoms with van der Waals surface area (Å²) in [4.78, 5) is 10.2. The molecule has 0 aliphatic carbocycles. The van der Waals surface area contributed by atoms with Crippen LogP contribution in [-0.2, 0) is 0 Å². The highest BCUT2D eigenvalue weighted by Crippen LogP contribution is 2.30. The number of benzene rings is 2. The Kier molecular flexibility index (Phi) is 4.41. The van der Waals surface area contributed by atoms with E-state index in [-0.39, 0.29) is 17.0 Å². The highest BCUT2D eigenvalue weighted by molar-refractivity contribution is 6.31. The number of nitro groups is 1. The third kappa shape index (κ3) is 3.18. The molecule has 0 radical (unpaired) electrons. The molecule has 0 saturated heterocycles. The van der Waals surface area contributed by atoms with Crippen molar-refractivity contribution in [3.63, 3.8) is 0 Å². The minimum absolute atomic E-state index is 0.0577. The molecule has 25 heavy (non-hydrogen) atoms. The molecule has 0 amide bonds. The molecule has 0 fully saturated rings. The van der Waals surface area contributed by atoms with Crippen LogP contribution in [0, 0.1) is 21.1 Å². The van der Waals surface area contributed by atoms with Gasteiger partial charge in [-0.3, -0.25) is 10.1 Å². The van der Waals surface area contributed by atoms with Gasteiger partial charge in [0.05, 0.1) is 21.7 Å². The van der Waals surface area contributed by atoms with Gasteiger partial charge < -0.3 is 10.5 Å². The normalized spacial score (nSPS) is 18.5. The lowest BCUT2D eigenvalue weighted by atomic mass is 10.00.